The molecule has 3 heterocycles. The van der Waals surface area contributed by atoms with E-state index in [1.165, 1.54) is 0 Å². The molecule has 10 heteroatoms. The van der Waals surface area contributed by atoms with E-state index < -0.39 is 35.1 Å². The molecule has 2 aromatic carbocycles. The van der Waals surface area contributed by atoms with Crippen LogP contribution in [0.25, 0.3) is 0 Å². The van der Waals surface area contributed by atoms with Gasteiger partial charge < -0.3 is 34.0 Å². The Morgan fingerprint density at radius 2 is 1.57 bits per heavy atom. The van der Waals surface area contributed by atoms with Crippen molar-refractivity contribution in [1.82, 2.24) is 4.90 Å². The minimum atomic E-state index is -1.29. The summed E-state index contributed by atoms with van der Waals surface area (Å²) in [5.41, 5.74) is -1.07. The summed E-state index contributed by atoms with van der Waals surface area (Å²) in [6, 6.07) is 12.7. The Morgan fingerprint density at radius 3 is 2.06 bits per heavy atom. The molecule has 3 aliphatic heterocycles. The van der Waals surface area contributed by atoms with E-state index in [0.717, 1.165) is 0 Å². The lowest BCUT2D eigenvalue weighted by molar-refractivity contribution is -0.149. The summed E-state index contributed by atoms with van der Waals surface area (Å²) >= 11 is 0. The van der Waals surface area contributed by atoms with Crippen molar-refractivity contribution in [2.24, 2.45) is 23.7 Å². The van der Waals surface area contributed by atoms with Crippen molar-refractivity contribution in [1.29, 1.82) is 0 Å². The Balaban J connectivity index is 1.64. The van der Waals surface area contributed by atoms with Crippen LogP contribution in [-0.4, -0.2) is 84.4 Å². The minimum absolute atomic E-state index is 0.123. The van der Waals surface area contributed by atoms with Gasteiger partial charge in [0.1, 0.15) is 23.1 Å². The van der Waals surface area contributed by atoms with Gasteiger partial charge in [-0.3, -0.25) is 14.4 Å². The van der Waals surface area contributed by atoms with Crippen LogP contribution in [-0.2, 0) is 19.1 Å². The normalized spacial score (nSPS) is 27.5. The van der Waals surface area contributed by atoms with Crippen LogP contribution >= 0.6 is 0 Å². The number of ether oxygens (including phenoxy) is 3. The van der Waals surface area contributed by atoms with Crippen molar-refractivity contribution in [2.45, 2.75) is 70.7 Å². The second kappa shape index (κ2) is 14.4. The van der Waals surface area contributed by atoms with Crippen molar-refractivity contribution in [3.05, 3.63) is 73.8 Å². The molecule has 7 atom stereocenters. The third-order valence-electron chi connectivity index (χ3n) is 10.6. The summed E-state index contributed by atoms with van der Waals surface area (Å²) in [7, 11) is 1.58. The van der Waals surface area contributed by atoms with E-state index in [4.69, 9.17) is 14.2 Å². The molecule has 1 spiro atoms. The standard InChI is InChI=1S/C39H51N3O7/c1-9-20-40(27-14-18-31(19-15-27)48-11-3)35(44)32-33-36(45)42(29(24-43)22-25(4)5)34(39(33)23-26(6)38(32,7)49-39)37(46)41(21-10-2)28-12-16-30(47-8)17-13-28/h9-10,12-19,25-26,29,32-34,43H,1-2,11,20-24H2,3-8H3/t26?,29-,32+,33+,34?,38-,39?/m1/s1. The van der Waals surface area contributed by atoms with Gasteiger partial charge >= 0.3 is 0 Å². The highest BCUT2D eigenvalue weighted by Crippen LogP contribution is 2.66. The second-order valence-corrected chi connectivity index (χ2v) is 14.0. The van der Waals surface area contributed by atoms with Crippen LogP contribution in [0.5, 0.6) is 11.5 Å². The molecule has 2 aromatic rings. The van der Waals surface area contributed by atoms with Crippen LogP contribution in [0.1, 0.15) is 47.5 Å². The van der Waals surface area contributed by atoms with Crippen LogP contribution in [0, 0.1) is 23.7 Å². The Morgan fingerprint density at radius 1 is 1.02 bits per heavy atom. The molecule has 2 bridgehead atoms. The molecule has 0 radical (unpaired) electrons. The monoisotopic (exact) mass is 673 g/mol. The Labute approximate surface area is 290 Å². The average molecular weight is 674 g/mol. The van der Waals surface area contributed by atoms with E-state index >= 15 is 4.79 Å². The van der Waals surface area contributed by atoms with Crippen LogP contribution in [0.3, 0.4) is 0 Å². The lowest BCUT2D eigenvalue weighted by atomic mass is 9.62. The number of hydrogen-bond acceptors (Lipinski definition) is 7. The van der Waals surface area contributed by atoms with Crippen LogP contribution in [0.2, 0.25) is 0 Å². The van der Waals surface area contributed by atoms with Crippen LogP contribution < -0.4 is 19.3 Å². The number of amides is 3. The molecular formula is C39H51N3O7. The molecular weight excluding hydrogens is 622 g/mol. The number of carbonyl (C=O) groups is 3. The van der Waals surface area contributed by atoms with Gasteiger partial charge in [0.2, 0.25) is 11.8 Å². The molecule has 0 saturated carbocycles. The first-order valence-electron chi connectivity index (χ1n) is 17.3. The van der Waals surface area contributed by atoms with E-state index in [1.807, 2.05) is 58.9 Å². The number of nitrogens with zero attached hydrogens (tertiary/aromatic N) is 3. The van der Waals surface area contributed by atoms with E-state index in [9.17, 15) is 14.7 Å². The molecule has 49 heavy (non-hydrogen) atoms. The van der Waals surface area contributed by atoms with E-state index in [2.05, 4.69) is 13.2 Å². The van der Waals surface area contributed by atoms with Gasteiger partial charge in [0.05, 0.1) is 43.8 Å². The van der Waals surface area contributed by atoms with Gasteiger partial charge in [0, 0.05) is 24.5 Å². The number of likely N-dealkylation sites (tertiary alicyclic amines) is 1. The highest BCUT2D eigenvalue weighted by molar-refractivity contribution is 6.07. The van der Waals surface area contributed by atoms with E-state index in [1.54, 1.807) is 58.2 Å². The molecule has 3 unspecified atom stereocenters. The first-order chi connectivity index (χ1) is 23.4. The number of aliphatic hydroxyl groups is 1. The van der Waals surface area contributed by atoms with Crippen molar-refractivity contribution < 1.29 is 33.7 Å². The molecule has 5 rings (SSSR count). The minimum Gasteiger partial charge on any atom is -0.497 e. The summed E-state index contributed by atoms with van der Waals surface area (Å²) in [4.78, 5) is 49.8. The Bertz CT molecular complexity index is 1540. The number of hydrogen-bond donors (Lipinski definition) is 1. The highest BCUT2D eigenvalue weighted by atomic mass is 16.5. The van der Waals surface area contributed by atoms with Gasteiger partial charge in [-0.15, -0.1) is 13.2 Å². The maximum atomic E-state index is 15.1. The Kier molecular flexibility index (Phi) is 10.6. The number of anilines is 2. The van der Waals surface area contributed by atoms with Gasteiger partial charge in [-0.2, -0.15) is 0 Å². The third-order valence-corrected chi connectivity index (χ3v) is 10.6. The number of methoxy groups -OCH3 is 1. The lowest BCUT2D eigenvalue weighted by Gasteiger charge is -2.40. The fourth-order valence-electron chi connectivity index (χ4n) is 8.42. The third kappa shape index (κ3) is 6.14. The van der Waals surface area contributed by atoms with Crippen molar-refractivity contribution in [3.8, 4) is 11.5 Å². The number of aliphatic hydroxyl groups excluding tert-OH is 1. The van der Waals surface area contributed by atoms with Gasteiger partial charge in [-0.05, 0) is 87.1 Å². The maximum absolute atomic E-state index is 15.1. The molecule has 0 aromatic heterocycles. The molecule has 3 fully saturated rings. The summed E-state index contributed by atoms with van der Waals surface area (Å²) in [6.07, 6.45) is 4.18. The maximum Gasteiger partial charge on any atom is 0.253 e. The average Bonchev–Trinajstić information content (AvgIpc) is 3.61. The summed E-state index contributed by atoms with van der Waals surface area (Å²) in [5, 5.41) is 10.8. The summed E-state index contributed by atoms with van der Waals surface area (Å²) in [6.45, 7) is 18.3. The molecule has 3 amide bonds. The van der Waals surface area contributed by atoms with Crippen molar-refractivity contribution in [2.75, 3.05) is 43.2 Å². The number of carbonyl (C=O) groups excluding carboxylic acids is 3. The van der Waals surface area contributed by atoms with Crippen molar-refractivity contribution in [3.63, 3.8) is 0 Å². The molecule has 264 valence electrons. The predicted molar refractivity (Wildman–Crippen MR) is 190 cm³/mol. The molecule has 3 saturated heterocycles. The van der Waals surface area contributed by atoms with Gasteiger partial charge in [-0.1, -0.05) is 32.9 Å². The largest absolute Gasteiger partial charge is 0.497 e. The number of benzene rings is 2. The van der Waals surface area contributed by atoms with Crippen LogP contribution in [0.4, 0.5) is 11.4 Å². The molecule has 1 N–H and O–H groups in total. The first kappa shape index (κ1) is 36.1. The summed E-state index contributed by atoms with van der Waals surface area (Å²) in [5.74, 6) is -1.49. The fraction of sp³-hybridized carbons (Fsp3) is 0.513. The summed E-state index contributed by atoms with van der Waals surface area (Å²) < 4.78 is 18.0. The van der Waals surface area contributed by atoms with E-state index in [-0.39, 0.29) is 49.3 Å². The topological polar surface area (TPSA) is 109 Å². The molecule has 0 aliphatic carbocycles. The fourth-order valence-corrected chi connectivity index (χ4v) is 8.42. The quantitative estimate of drug-likeness (QED) is 0.258. The lowest BCUT2D eigenvalue weighted by Crippen LogP contribution is -2.59. The zero-order valence-electron chi connectivity index (χ0n) is 29.6. The predicted octanol–water partition coefficient (Wildman–Crippen LogP) is 5.25. The zero-order valence-corrected chi connectivity index (χ0v) is 29.6. The highest BCUT2D eigenvalue weighted by Gasteiger charge is 2.80. The smallest absolute Gasteiger partial charge is 0.253 e. The molecule has 10 nitrogen and oxygen atoms in total. The van der Waals surface area contributed by atoms with Gasteiger partial charge in [0.25, 0.3) is 5.91 Å². The van der Waals surface area contributed by atoms with Crippen molar-refractivity contribution >= 4 is 29.1 Å². The second-order valence-electron chi connectivity index (χ2n) is 14.0. The number of rotatable bonds is 15. The van der Waals surface area contributed by atoms with Gasteiger partial charge in [0.15, 0.2) is 0 Å². The van der Waals surface area contributed by atoms with Crippen LogP contribution in [0.15, 0.2) is 73.8 Å². The van der Waals surface area contributed by atoms with E-state index in [0.29, 0.717) is 42.3 Å². The van der Waals surface area contributed by atoms with Gasteiger partial charge in [-0.25, -0.2) is 0 Å². The zero-order chi connectivity index (χ0) is 35.7. The molecule has 3 aliphatic rings. The first-order valence-corrected chi connectivity index (χ1v) is 17.3. The SMILES string of the molecule is C=CCN(C(=O)C1N([C@@H](CO)CC(C)C)C(=O)[C@@H]2[C@@H](C(=O)N(CC=C)c3ccc(OCC)cc3)[C@]3(C)OC12CC3C)c1ccc(OC)cc1. The number of fused-ring (bicyclic) bond motifs is 1. The Hall–Kier alpha value is -4.15.